The Hall–Kier alpha value is -1.75. The van der Waals surface area contributed by atoms with Gasteiger partial charge in [-0.2, -0.15) is 0 Å². The number of likely N-dealkylation sites (tertiary alicyclic amines) is 1. The fraction of sp³-hybridized carbons (Fsp3) is 0.667. The predicted molar refractivity (Wildman–Crippen MR) is 103 cm³/mol. The van der Waals surface area contributed by atoms with E-state index in [4.69, 9.17) is 9.47 Å². The molecule has 2 aliphatic rings. The van der Waals surface area contributed by atoms with Gasteiger partial charge in [0.15, 0.2) is 0 Å². The second-order valence-electron chi connectivity index (χ2n) is 7.43. The number of hydrogen-bond donors (Lipinski definition) is 1. The highest BCUT2D eigenvalue weighted by molar-refractivity contribution is 5.78. The Morgan fingerprint density at radius 3 is 2.50 bits per heavy atom. The normalized spacial score (nSPS) is 23.1. The van der Waals surface area contributed by atoms with E-state index in [0.29, 0.717) is 26.3 Å². The van der Waals surface area contributed by atoms with E-state index in [1.165, 1.54) is 32.1 Å². The average Bonchev–Trinajstić information content (AvgIpc) is 2.67. The first kappa shape index (κ1) is 19.0. The molecule has 0 bridgehead atoms. The molecule has 1 amide bonds. The SMILES string of the molecule is CCOc1ccc(OCCNC(=O)CN2CC[C@@H]3CCCC[C@@H]3C2)cc1. The minimum absolute atomic E-state index is 0.106. The number of hydrogen-bond acceptors (Lipinski definition) is 4. The second-order valence-corrected chi connectivity index (χ2v) is 7.43. The van der Waals surface area contributed by atoms with Crippen molar-refractivity contribution in [2.45, 2.75) is 39.0 Å². The van der Waals surface area contributed by atoms with Crippen LogP contribution in [-0.4, -0.2) is 50.2 Å². The van der Waals surface area contributed by atoms with Crippen LogP contribution in [0, 0.1) is 11.8 Å². The molecule has 3 rings (SSSR count). The lowest BCUT2D eigenvalue weighted by Crippen LogP contribution is -2.46. The third kappa shape index (κ3) is 5.63. The second kappa shape index (κ2) is 9.81. The number of amides is 1. The third-order valence-electron chi connectivity index (χ3n) is 5.57. The van der Waals surface area contributed by atoms with Gasteiger partial charge in [-0.25, -0.2) is 0 Å². The van der Waals surface area contributed by atoms with Gasteiger partial charge in [-0.1, -0.05) is 19.3 Å². The Morgan fingerprint density at radius 1 is 1.08 bits per heavy atom. The van der Waals surface area contributed by atoms with Crippen molar-refractivity contribution in [2.24, 2.45) is 11.8 Å². The molecule has 1 aliphatic carbocycles. The van der Waals surface area contributed by atoms with Gasteiger partial charge in [-0.3, -0.25) is 9.69 Å². The molecule has 1 aromatic rings. The minimum Gasteiger partial charge on any atom is -0.494 e. The van der Waals surface area contributed by atoms with Crippen LogP contribution in [0.15, 0.2) is 24.3 Å². The zero-order chi connectivity index (χ0) is 18.2. The molecule has 2 fully saturated rings. The Kier molecular flexibility index (Phi) is 7.18. The number of ether oxygens (including phenoxy) is 2. The molecule has 0 aromatic heterocycles. The van der Waals surface area contributed by atoms with E-state index in [1.807, 2.05) is 31.2 Å². The molecule has 0 unspecified atom stereocenters. The van der Waals surface area contributed by atoms with Gasteiger partial charge >= 0.3 is 0 Å². The maximum atomic E-state index is 12.2. The summed E-state index contributed by atoms with van der Waals surface area (Å²) in [6.45, 7) is 6.32. The van der Waals surface area contributed by atoms with Crippen molar-refractivity contribution in [3.8, 4) is 11.5 Å². The molecule has 5 heteroatoms. The summed E-state index contributed by atoms with van der Waals surface area (Å²) >= 11 is 0. The third-order valence-corrected chi connectivity index (χ3v) is 5.57. The summed E-state index contributed by atoms with van der Waals surface area (Å²) in [6.07, 6.45) is 6.77. The monoisotopic (exact) mass is 360 g/mol. The predicted octanol–water partition coefficient (Wildman–Crippen LogP) is 3.09. The van der Waals surface area contributed by atoms with E-state index in [2.05, 4.69) is 10.2 Å². The van der Waals surface area contributed by atoms with Gasteiger partial charge in [0.1, 0.15) is 18.1 Å². The van der Waals surface area contributed by atoms with Gasteiger partial charge in [0.25, 0.3) is 0 Å². The van der Waals surface area contributed by atoms with Crippen molar-refractivity contribution >= 4 is 5.91 Å². The van der Waals surface area contributed by atoms with Crippen LogP contribution in [0.25, 0.3) is 0 Å². The van der Waals surface area contributed by atoms with Gasteiger partial charge in [0.2, 0.25) is 5.91 Å². The Labute approximate surface area is 157 Å². The van der Waals surface area contributed by atoms with E-state index in [-0.39, 0.29) is 5.91 Å². The van der Waals surface area contributed by atoms with Gasteiger partial charge in [0.05, 0.1) is 19.7 Å². The molecule has 144 valence electrons. The topological polar surface area (TPSA) is 50.8 Å². The van der Waals surface area contributed by atoms with Gasteiger partial charge in [-0.05, 0) is 62.4 Å². The van der Waals surface area contributed by atoms with Crippen molar-refractivity contribution in [2.75, 3.05) is 39.4 Å². The Morgan fingerprint density at radius 2 is 1.77 bits per heavy atom. The van der Waals surface area contributed by atoms with E-state index in [9.17, 15) is 4.79 Å². The number of fused-ring (bicyclic) bond motifs is 1. The largest absolute Gasteiger partial charge is 0.494 e. The summed E-state index contributed by atoms with van der Waals surface area (Å²) in [5.74, 6) is 3.46. The smallest absolute Gasteiger partial charge is 0.234 e. The number of rotatable bonds is 8. The van der Waals surface area contributed by atoms with Gasteiger partial charge in [-0.15, -0.1) is 0 Å². The maximum absolute atomic E-state index is 12.2. The molecule has 0 radical (unpaired) electrons. The molecule has 1 saturated carbocycles. The van der Waals surface area contributed by atoms with Crippen molar-refractivity contribution in [1.29, 1.82) is 0 Å². The summed E-state index contributed by atoms with van der Waals surface area (Å²) in [4.78, 5) is 14.5. The average molecular weight is 360 g/mol. The molecule has 1 N–H and O–H groups in total. The molecular formula is C21H32N2O3. The van der Waals surface area contributed by atoms with Gasteiger partial charge < -0.3 is 14.8 Å². The number of piperidine rings is 1. The van der Waals surface area contributed by atoms with E-state index >= 15 is 0 Å². The fourth-order valence-electron chi connectivity index (χ4n) is 4.24. The molecule has 5 nitrogen and oxygen atoms in total. The van der Waals surface area contributed by atoms with Crippen LogP contribution in [0.1, 0.15) is 39.0 Å². The number of carbonyl (C=O) groups excluding carboxylic acids is 1. The summed E-state index contributed by atoms with van der Waals surface area (Å²) < 4.78 is 11.1. The highest BCUT2D eigenvalue weighted by Gasteiger charge is 2.31. The molecule has 1 saturated heterocycles. The van der Waals surface area contributed by atoms with Crippen molar-refractivity contribution in [1.82, 2.24) is 10.2 Å². The number of nitrogens with zero attached hydrogens (tertiary/aromatic N) is 1. The minimum atomic E-state index is 0.106. The standard InChI is InChI=1S/C21H32N2O3/c1-2-25-19-7-9-20(10-8-19)26-14-12-22-21(24)16-23-13-11-17-5-3-4-6-18(17)15-23/h7-10,17-18H,2-6,11-16H2,1H3,(H,22,24)/t17-,18+/m0/s1. The van der Waals surface area contributed by atoms with E-state index in [1.54, 1.807) is 0 Å². The van der Waals surface area contributed by atoms with Crippen LogP contribution in [0.4, 0.5) is 0 Å². The van der Waals surface area contributed by atoms with E-state index < -0.39 is 0 Å². The van der Waals surface area contributed by atoms with Crippen LogP contribution in [-0.2, 0) is 4.79 Å². The number of nitrogens with one attached hydrogen (secondary N) is 1. The number of benzene rings is 1. The first-order valence-electron chi connectivity index (χ1n) is 10.1. The molecule has 2 atom stereocenters. The lowest BCUT2D eigenvalue weighted by molar-refractivity contribution is -0.123. The highest BCUT2D eigenvalue weighted by Crippen LogP contribution is 2.35. The Balaban J connectivity index is 1.30. The lowest BCUT2D eigenvalue weighted by Gasteiger charge is -2.41. The van der Waals surface area contributed by atoms with Gasteiger partial charge in [0, 0.05) is 6.54 Å². The summed E-state index contributed by atoms with van der Waals surface area (Å²) in [7, 11) is 0. The molecular weight excluding hydrogens is 328 g/mol. The van der Waals surface area contributed by atoms with Crippen LogP contribution in [0.5, 0.6) is 11.5 Å². The van der Waals surface area contributed by atoms with Crippen LogP contribution >= 0.6 is 0 Å². The molecule has 26 heavy (non-hydrogen) atoms. The summed E-state index contributed by atoms with van der Waals surface area (Å²) in [5, 5.41) is 2.97. The highest BCUT2D eigenvalue weighted by atomic mass is 16.5. The summed E-state index contributed by atoms with van der Waals surface area (Å²) in [5.41, 5.74) is 0. The quantitative estimate of drug-likeness (QED) is 0.724. The molecule has 1 heterocycles. The van der Waals surface area contributed by atoms with Crippen LogP contribution < -0.4 is 14.8 Å². The zero-order valence-corrected chi connectivity index (χ0v) is 15.9. The van der Waals surface area contributed by atoms with E-state index in [0.717, 1.165) is 36.4 Å². The Bertz CT molecular complexity index is 561. The van der Waals surface area contributed by atoms with Crippen LogP contribution in [0.2, 0.25) is 0 Å². The van der Waals surface area contributed by atoms with Crippen LogP contribution in [0.3, 0.4) is 0 Å². The fourth-order valence-corrected chi connectivity index (χ4v) is 4.24. The van der Waals surface area contributed by atoms with Crippen molar-refractivity contribution in [3.05, 3.63) is 24.3 Å². The van der Waals surface area contributed by atoms with Crippen molar-refractivity contribution in [3.63, 3.8) is 0 Å². The first-order chi connectivity index (χ1) is 12.7. The first-order valence-corrected chi connectivity index (χ1v) is 10.1. The van der Waals surface area contributed by atoms with Crippen molar-refractivity contribution < 1.29 is 14.3 Å². The zero-order valence-electron chi connectivity index (χ0n) is 15.9. The molecule has 0 spiro atoms. The maximum Gasteiger partial charge on any atom is 0.234 e. The number of carbonyl (C=O) groups is 1. The molecule has 1 aromatic carbocycles. The lowest BCUT2D eigenvalue weighted by atomic mass is 9.75. The summed E-state index contributed by atoms with van der Waals surface area (Å²) in [6, 6.07) is 7.57. The molecule has 1 aliphatic heterocycles.